The van der Waals surface area contributed by atoms with Crippen molar-refractivity contribution in [2.75, 3.05) is 14.2 Å². The molecule has 25 heavy (non-hydrogen) atoms. The minimum absolute atomic E-state index is 0.0928. The highest BCUT2D eigenvalue weighted by Crippen LogP contribution is 2.32. The van der Waals surface area contributed by atoms with Crippen molar-refractivity contribution in [2.24, 2.45) is 0 Å². The van der Waals surface area contributed by atoms with Gasteiger partial charge in [-0.2, -0.15) is 0 Å². The van der Waals surface area contributed by atoms with Gasteiger partial charge in [0.15, 0.2) is 0 Å². The average Bonchev–Trinajstić information content (AvgIpc) is 2.59. The maximum atomic E-state index is 12.0. The first-order chi connectivity index (χ1) is 11.9. The second kappa shape index (κ2) is 8.04. The quantitative estimate of drug-likeness (QED) is 0.329. The normalized spacial score (nSPS) is 11.7. The van der Waals surface area contributed by atoms with Crippen LogP contribution in [0.5, 0.6) is 11.5 Å². The topological polar surface area (TPSA) is 78.9 Å². The largest absolute Gasteiger partial charge is 0.503 e. The Labute approximate surface area is 150 Å². The van der Waals surface area contributed by atoms with E-state index in [1.807, 2.05) is 0 Å². The molecule has 132 valence electrons. The van der Waals surface area contributed by atoms with E-state index >= 15 is 0 Å². The van der Waals surface area contributed by atoms with Gasteiger partial charge in [-0.1, -0.05) is 24.3 Å². The van der Waals surface area contributed by atoms with E-state index in [-0.39, 0.29) is 16.2 Å². The van der Waals surface area contributed by atoms with Crippen LogP contribution in [0.2, 0.25) is 0 Å². The summed E-state index contributed by atoms with van der Waals surface area (Å²) in [5.74, 6) is -0.0360. The lowest BCUT2D eigenvalue weighted by Gasteiger charge is -2.13. The summed E-state index contributed by atoms with van der Waals surface area (Å²) in [5.41, 5.74) is 0.581. The third kappa shape index (κ3) is 4.74. The summed E-state index contributed by atoms with van der Waals surface area (Å²) in [4.78, 5) is 11.9. The van der Waals surface area contributed by atoms with Crippen LogP contribution in [0, 0.1) is 0 Å². The number of ether oxygens (including phenoxy) is 3. The molecule has 2 aromatic carbocycles. The standard InChI is InChI=1S/C17H15ClO6S/c1-22-11-15(17(19)23-2)14-8-3-4-9-16(14)24-12-6-5-7-13(10-12)25(18,20)21/h3-11H,1-2H3/b15-11-. The Morgan fingerprint density at radius 2 is 1.80 bits per heavy atom. The van der Waals surface area contributed by atoms with Gasteiger partial charge in [0.05, 0.1) is 25.4 Å². The van der Waals surface area contributed by atoms with Gasteiger partial charge in [0, 0.05) is 22.3 Å². The molecule has 0 atom stereocenters. The second-order valence-corrected chi connectivity index (χ2v) is 7.34. The molecule has 0 N–H and O–H groups in total. The smallest absolute Gasteiger partial charge is 0.341 e. The maximum absolute atomic E-state index is 12.0. The highest BCUT2D eigenvalue weighted by molar-refractivity contribution is 8.13. The van der Waals surface area contributed by atoms with E-state index in [1.165, 1.54) is 38.7 Å². The Bertz CT molecular complexity index is 905. The van der Waals surface area contributed by atoms with Crippen molar-refractivity contribution >= 4 is 31.3 Å². The highest BCUT2D eigenvalue weighted by atomic mass is 35.7. The van der Waals surface area contributed by atoms with Gasteiger partial charge in [-0.25, -0.2) is 13.2 Å². The molecule has 8 heteroatoms. The molecule has 0 radical (unpaired) electrons. The van der Waals surface area contributed by atoms with E-state index in [2.05, 4.69) is 0 Å². The van der Waals surface area contributed by atoms with Crippen LogP contribution in [0.25, 0.3) is 5.57 Å². The summed E-state index contributed by atoms with van der Waals surface area (Å²) >= 11 is 0. The first-order valence-corrected chi connectivity index (χ1v) is 9.31. The predicted octanol–water partition coefficient (Wildman–Crippen LogP) is 3.57. The Hall–Kier alpha value is -2.51. The lowest BCUT2D eigenvalue weighted by molar-refractivity contribution is -0.133. The summed E-state index contributed by atoms with van der Waals surface area (Å²) in [6.07, 6.45) is 1.24. The van der Waals surface area contributed by atoms with E-state index in [0.29, 0.717) is 11.3 Å². The molecule has 0 aliphatic heterocycles. The third-order valence-electron chi connectivity index (χ3n) is 3.13. The monoisotopic (exact) mass is 382 g/mol. The van der Waals surface area contributed by atoms with E-state index in [0.717, 1.165) is 0 Å². The molecule has 0 saturated carbocycles. The van der Waals surface area contributed by atoms with Crippen molar-refractivity contribution in [3.8, 4) is 11.5 Å². The molecule has 0 aromatic heterocycles. The molecule has 2 rings (SSSR count). The zero-order chi connectivity index (χ0) is 18.4. The molecule has 6 nitrogen and oxygen atoms in total. The summed E-state index contributed by atoms with van der Waals surface area (Å²) in [7, 11) is 4.12. The summed E-state index contributed by atoms with van der Waals surface area (Å²) < 4.78 is 38.3. The van der Waals surface area contributed by atoms with Crippen LogP contribution >= 0.6 is 10.7 Å². The van der Waals surface area contributed by atoms with Crippen LogP contribution in [-0.4, -0.2) is 28.6 Å². The number of methoxy groups -OCH3 is 2. The van der Waals surface area contributed by atoms with E-state index < -0.39 is 15.0 Å². The number of para-hydroxylation sites is 1. The zero-order valence-electron chi connectivity index (χ0n) is 13.4. The fraction of sp³-hybridized carbons (Fsp3) is 0.118. The summed E-state index contributed by atoms with van der Waals surface area (Å²) in [6.45, 7) is 0. The Kier molecular flexibility index (Phi) is 6.06. The Balaban J connectivity index is 2.45. The fourth-order valence-electron chi connectivity index (χ4n) is 2.04. The molecular formula is C17H15ClO6S. The van der Waals surface area contributed by atoms with Gasteiger partial charge >= 0.3 is 5.97 Å². The molecule has 0 unspecified atom stereocenters. The van der Waals surface area contributed by atoms with Gasteiger partial charge in [-0.05, 0) is 18.2 Å². The van der Waals surface area contributed by atoms with Gasteiger partial charge in [-0.15, -0.1) is 0 Å². The molecule has 0 amide bonds. The molecule has 0 heterocycles. The van der Waals surface area contributed by atoms with Crippen molar-refractivity contribution in [1.29, 1.82) is 0 Å². The summed E-state index contributed by atoms with van der Waals surface area (Å²) in [6, 6.07) is 12.4. The van der Waals surface area contributed by atoms with Crippen LogP contribution < -0.4 is 4.74 Å². The van der Waals surface area contributed by atoms with Crippen molar-refractivity contribution in [3.63, 3.8) is 0 Å². The number of halogens is 1. The van der Waals surface area contributed by atoms with Crippen LogP contribution in [0.4, 0.5) is 0 Å². The van der Waals surface area contributed by atoms with Crippen molar-refractivity contribution in [1.82, 2.24) is 0 Å². The van der Waals surface area contributed by atoms with E-state index in [9.17, 15) is 13.2 Å². The number of hydrogen-bond donors (Lipinski definition) is 0. The molecule has 0 aliphatic rings. The van der Waals surface area contributed by atoms with Gasteiger partial charge < -0.3 is 14.2 Å². The van der Waals surface area contributed by atoms with E-state index in [1.54, 1.807) is 30.3 Å². The minimum Gasteiger partial charge on any atom is -0.503 e. The molecular weight excluding hydrogens is 368 g/mol. The second-order valence-electron chi connectivity index (χ2n) is 4.77. The minimum atomic E-state index is -3.88. The maximum Gasteiger partial charge on any atom is 0.341 e. The van der Waals surface area contributed by atoms with Crippen molar-refractivity contribution in [3.05, 3.63) is 60.4 Å². The SMILES string of the molecule is CO/C=C(\C(=O)OC)c1ccccc1Oc1cccc(S(=O)(=O)Cl)c1. The third-order valence-corrected chi connectivity index (χ3v) is 4.48. The van der Waals surface area contributed by atoms with Gasteiger partial charge in [0.2, 0.25) is 0 Å². The first kappa shape index (κ1) is 18.8. The Morgan fingerprint density at radius 3 is 2.44 bits per heavy atom. The van der Waals surface area contributed by atoms with Crippen LogP contribution in [0.15, 0.2) is 59.7 Å². The number of esters is 1. The lowest BCUT2D eigenvalue weighted by atomic mass is 10.1. The highest BCUT2D eigenvalue weighted by Gasteiger charge is 2.18. The van der Waals surface area contributed by atoms with Crippen molar-refractivity contribution < 1.29 is 27.4 Å². The molecule has 0 saturated heterocycles. The predicted molar refractivity (Wildman–Crippen MR) is 93.0 cm³/mol. The number of carbonyl (C=O) groups is 1. The van der Waals surface area contributed by atoms with Crippen LogP contribution in [0.3, 0.4) is 0 Å². The fourth-order valence-corrected chi connectivity index (χ4v) is 2.83. The molecule has 0 spiro atoms. The lowest BCUT2D eigenvalue weighted by Crippen LogP contribution is -2.05. The Morgan fingerprint density at radius 1 is 1.08 bits per heavy atom. The van der Waals surface area contributed by atoms with Gasteiger partial charge in [0.1, 0.15) is 17.1 Å². The van der Waals surface area contributed by atoms with E-state index in [4.69, 9.17) is 24.9 Å². The van der Waals surface area contributed by atoms with Crippen LogP contribution in [-0.2, 0) is 23.3 Å². The van der Waals surface area contributed by atoms with Crippen LogP contribution in [0.1, 0.15) is 5.56 Å². The van der Waals surface area contributed by atoms with Crippen molar-refractivity contribution in [2.45, 2.75) is 4.90 Å². The zero-order valence-corrected chi connectivity index (χ0v) is 15.0. The first-order valence-electron chi connectivity index (χ1n) is 7.00. The number of hydrogen-bond acceptors (Lipinski definition) is 6. The number of benzene rings is 2. The molecule has 2 aromatic rings. The number of rotatable bonds is 6. The van der Waals surface area contributed by atoms with Gasteiger partial charge in [0.25, 0.3) is 9.05 Å². The number of carbonyl (C=O) groups excluding carboxylic acids is 1. The summed E-state index contributed by atoms with van der Waals surface area (Å²) in [5, 5.41) is 0. The average molecular weight is 383 g/mol. The molecule has 0 aliphatic carbocycles. The molecule has 0 bridgehead atoms. The molecule has 0 fully saturated rings. The van der Waals surface area contributed by atoms with Gasteiger partial charge in [-0.3, -0.25) is 0 Å².